The van der Waals surface area contributed by atoms with Gasteiger partial charge in [-0.15, -0.1) is 11.3 Å². The number of morpholine rings is 1. The molecule has 0 bridgehead atoms. The molecular weight excluding hydrogens is 451 g/mol. The molecule has 2 atom stereocenters. The van der Waals surface area contributed by atoms with Crippen molar-refractivity contribution in [3.8, 4) is 11.3 Å². The lowest BCUT2D eigenvalue weighted by Crippen LogP contribution is -2.48. The van der Waals surface area contributed by atoms with Gasteiger partial charge in [0.05, 0.1) is 29.0 Å². The third kappa shape index (κ3) is 5.04. The Balaban J connectivity index is 1.50. The first-order valence-electron chi connectivity index (χ1n) is 10.1. The van der Waals surface area contributed by atoms with Gasteiger partial charge in [0.15, 0.2) is 0 Å². The SMILES string of the molecule is CC1CN(S(=O)(=O)c2cccc(-c3csc(NN=Cc4ccccc4F)n3)c2)CC(C)O1. The predicted octanol–water partition coefficient (Wildman–Crippen LogP) is 4.19. The minimum atomic E-state index is -3.65. The van der Waals surface area contributed by atoms with Crippen LogP contribution in [0.2, 0.25) is 0 Å². The number of sulfonamides is 1. The Hall–Kier alpha value is -2.66. The van der Waals surface area contributed by atoms with Crippen LogP contribution in [0.25, 0.3) is 11.3 Å². The van der Waals surface area contributed by atoms with Gasteiger partial charge < -0.3 is 4.74 Å². The number of nitrogens with one attached hydrogen (secondary N) is 1. The van der Waals surface area contributed by atoms with Crippen molar-refractivity contribution in [2.45, 2.75) is 31.0 Å². The summed E-state index contributed by atoms with van der Waals surface area (Å²) in [5.74, 6) is -0.361. The quantitative estimate of drug-likeness (QED) is 0.428. The summed E-state index contributed by atoms with van der Waals surface area (Å²) in [6.45, 7) is 4.38. The maximum atomic E-state index is 13.7. The zero-order chi connectivity index (χ0) is 22.7. The molecule has 4 rings (SSSR count). The van der Waals surface area contributed by atoms with Crippen molar-refractivity contribution >= 4 is 32.7 Å². The van der Waals surface area contributed by atoms with Crippen molar-refractivity contribution in [1.29, 1.82) is 0 Å². The molecule has 3 aromatic rings. The maximum absolute atomic E-state index is 13.7. The van der Waals surface area contributed by atoms with E-state index in [1.807, 2.05) is 25.3 Å². The number of aromatic nitrogens is 1. The summed E-state index contributed by atoms with van der Waals surface area (Å²) < 4.78 is 47.1. The average Bonchev–Trinajstić information content (AvgIpc) is 3.23. The van der Waals surface area contributed by atoms with Crippen molar-refractivity contribution in [2.24, 2.45) is 5.10 Å². The van der Waals surface area contributed by atoms with Crippen LogP contribution in [0.5, 0.6) is 0 Å². The summed E-state index contributed by atoms with van der Waals surface area (Å²) in [5, 5.41) is 6.35. The molecule has 2 unspecified atom stereocenters. The molecule has 1 fully saturated rings. The second kappa shape index (κ2) is 9.45. The smallest absolute Gasteiger partial charge is 0.243 e. The highest BCUT2D eigenvalue weighted by atomic mass is 32.2. The number of hydrogen-bond donors (Lipinski definition) is 1. The second-order valence-corrected chi connectivity index (χ2v) is 10.3. The van der Waals surface area contributed by atoms with Crippen molar-refractivity contribution in [2.75, 3.05) is 18.5 Å². The van der Waals surface area contributed by atoms with Crippen LogP contribution >= 0.6 is 11.3 Å². The number of benzene rings is 2. The van der Waals surface area contributed by atoms with Crippen molar-refractivity contribution in [1.82, 2.24) is 9.29 Å². The van der Waals surface area contributed by atoms with E-state index >= 15 is 0 Å². The van der Waals surface area contributed by atoms with Crippen LogP contribution in [0.3, 0.4) is 0 Å². The van der Waals surface area contributed by atoms with Gasteiger partial charge >= 0.3 is 0 Å². The first-order chi connectivity index (χ1) is 15.3. The number of hydrazone groups is 1. The van der Waals surface area contributed by atoms with Crippen LogP contribution in [0, 0.1) is 5.82 Å². The maximum Gasteiger partial charge on any atom is 0.243 e. The molecule has 2 aromatic carbocycles. The fourth-order valence-electron chi connectivity index (χ4n) is 3.49. The van der Waals surface area contributed by atoms with Gasteiger partial charge in [-0.05, 0) is 32.0 Å². The third-order valence-corrected chi connectivity index (χ3v) is 7.50. The standard InChI is InChI=1S/C22H23FN4O3S2/c1-15-12-27(13-16(2)30-15)32(28,29)19-8-5-7-17(10-19)21-14-31-22(25-21)26-24-11-18-6-3-4-9-20(18)23/h3-11,14-16H,12-13H2,1-2H3,(H,25,26). The van der Waals surface area contributed by atoms with Gasteiger partial charge in [-0.3, -0.25) is 5.43 Å². The second-order valence-electron chi connectivity index (χ2n) is 7.54. The summed E-state index contributed by atoms with van der Waals surface area (Å²) in [6, 6.07) is 13.1. The number of nitrogens with zero attached hydrogens (tertiary/aromatic N) is 3. The Kier molecular flexibility index (Phi) is 6.66. The van der Waals surface area contributed by atoms with E-state index in [4.69, 9.17) is 4.74 Å². The zero-order valence-electron chi connectivity index (χ0n) is 17.6. The highest BCUT2D eigenvalue weighted by molar-refractivity contribution is 7.89. The van der Waals surface area contributed by atoms with E-state index in [9.17, 15) is 12.8 Å². The first kappa shape index (κ1) is 22.5. The number of halogens is 1. The van der Waals surface area contributed by atoms with Crippen LogP contribution in [-0.4, -0.2) is 49.2 Å². The zero-order valence-corrected chi connectivity index (χ0v) is 19.2. The van der Waals surface area contributed by atoms with Gasteiger partial charge in [0.2, 0.25) is 15.2 Å². The largest absolute Gasteiger partial charge is 0.373 e. The highest BCUT2D eigenvalue weighted by Gasteiger charge is 2.32. The third-order valence-electron chi connectivity index (χ3n) is 4.93. The topological polar surface area (TPSA) is 83.9 Å². The molecule has 0 aliphatic carbocycles. The number of rotatable bonds is 6. The van der Waals surface area contributed by atoms with Gasteiger partial charge in [0.25, 0.3) is 0 Å². The molecular formula is C22H23FN4O3S2. The molecule has 2 heterocycles. The summed E-state index contributed by atoms with van der Waals surface area (Å²) in [6.07, 6.45) is 1.07. The van der Waals surface area contributed by atoms with Crippen molar-refractivity contribution < 1.29 is 17.5 Å². The molecule has 1 saturated heterocycles. The van der Waals surface area contributed by atoms with E-state index in [1.54, 1.807) is 36.4 Å². The Morgan fingerprint density at radius 3 is 2.69 bits per heavy atom. The van der Waals surface area contributed by atoms with Crippen molar-refractivity contribution in [3.05, 3.63) is 65.3 Å². The first-order valence-corrected chi connectivity index (χ1v) is 12.4. The molecule has 0 radical (unpaired) electrons. The van der Waals surface area contributed by atoms with Crippen molar-refractivity contribution in [3.63, 3.8) is 0 Å². The molecule has 1 aromatic heterocycles. The van der Waals surface area contributed by atoms with E-state index in [0.717, 1.165) is 0 Å². The van der Waals surface area contributed by atoms with E-state index in [2.05, 4.69) is 15.5 Å². The van der Waals surface area contributed by atoms with E-state index < -0.39 is 10.0 Å². The van der Waals surface area contributed by atoms with Crippen LogP contribution in [0.4, 0.5) is 9.52 Å². The molecule has 32 heavy (non-hydrogen) atoms. The van der Waals surface area contributed by atoms with E-state index in [1.165, 1.54) is 27.9 Å². The molecule has 1 aliphatic rings. The summed E-state index contributed by atoms with van der Waals surface area (Å²) in [7, 11) is -3.65. The van der Waals surface area contributed by atoms with Gasteiger partial charge in [-0.1, -0.05) is 30.3 Å². The summed E-state index contributed by atoms with van der Waals surface area (Å²) in [4.78, 5) is 4.68. The molecule has 1 aliphatic heterocycles. The van der Waals surface area contributed by atoms with Crippen LogP contribution < -0.4 is 5.43 Å². The van der Waals surface area contributed by atoms with Crippen LogP contribution in [0.15, 0.2) is 63.9 Å². The average molecular weight is 475 g/mol. The number of hydrogen-bond acceptors (Lipinski definition) is 7. The molecule has 0 saturated carbocycles. The fraction of sp³-hybridized carbons (Fsp3) is 0.273. The van der Waals surface area contributed by atoms with Gasteiger partial charge in [-0.25, -0.2) is 17.8 Å². The molecule has 168 valence electrons. The normalized spacial score (nSPS) is 20.0. The van der Waals surface area contributed by atoms with E-state index in [0.29, 0.717) is 35.0 Å². The molecule has 1 N–H and O–H groups in total. The van der Waals surface area contributed by atoms with Gasteiger partial charge in [0, 0.05) is 29.6 Å². The minimum Gasteiger partial charge on any atom is -0.373 e. The van der Waals surface area contributed by atoms with Crippen LogP contribution in [-0.2, 0) is 14.8 Å². The summed E-state index contributed by atoms with van der Waals surface area (Å²) in [5.41, 5.74) is 4.46. The van der Waals surface area contributed by atoms with Crippen LogP contribution in [0.1, 0.15) is 19.4 Å². The number of anilines is 1. The van der Waals surface area contributed by atoms with Gasteiger partial charge in [0.1, 0.15) is 5.82 Å². The summed E-state index contributed by atoms with van der Waals surface area (Å²) >= 11 is 1.32. The lowest BCUT2D eigenvalue weighted by Gasteiger charge is -2.34. The number of ether oxygens (including phenoxy) is 1. The predicted molar refractivity (Wildman–Crippen MR) is 124 cm³/mol. The molecule has 7 nitrogen and oxygen atoms in total. The van der Waals surface area contributed by atoms with E-state index in [-0.39, 0.29) is 22.9 Å². The monoisotopic (exact) mass is 474 g/mol. The lowest BCUT2D eigenvalue weighted by atomic mass is 10.2. The Morgan fingerprint density at radius 2 is 1.94 bits per heavy atom. The Bertz CT molecular complexity index is 1220. The minimum absolute atomic E-state index is 0.159. The van der Waals surface area contributed by atoms with Gasteiger partial charge in [-0.2, -0.15) is 9.41 Å². The number of thiazole rings is 1. The highest BCUT2D eigenvalue weighted by Crippen LogP contribution is 2.28. The Labute approximate surface area is 190 Å². The Morgan fingerprint density at radius 1 is 1.19 bits per heavy atom. The lowest BCUT2D eigenvalue weighted by molar-refractivity contribution is -0.0440. The molecule has 0 amide bonds. The molecule has 10 heteroatoms. The fourth-order valence-corrected chi connectivity index (χ4v) is 5.79. The molecule has 0 spiro atoms.